The Bertz CT molecular complexity index is 981. The molecule has 1 fully saturated rings. The first-order valence-corrected chi connectivity index (χ1v) is 9.54. The van der Waals surface area contributed by atoms with Crippen LogP contribution in [-0.2, 0) is 14.3 Å². The number of hydrogen-bond donors (Lipinski definition) is 1. The van der Waals surface area contributed by atoms with E-state index in [-0.39, 0.29) is 6.61 Å². The molecule has 2 aromatic carbocycles. The highest BCUT2D eigenvalue weighted by molar-refractivity contribution is 5.95. The van der Waals surface area contributed by atoms with Crippen LogP contribution >= 0.6 is 0 Å². The van der Waals surface area contributed by atoms with Crippen molar-refractivity contribution >= 4 is 23.3 Å². The lowest BCUT2D eigenvalue weighted by Crippen LogP contribution is -2.36. The van der Waals surface area contributed by atoms with E-state index in [2.05, 4.69) is 20.3 Å². The summed E-state index contributed by atoms with van der Waals surface area (Å²) in [4.78, 5) is 30.4. The number of nitrogens with zero attached hydrogens (tertiary/aromatic N) is 4. The van der Waals surface area contributed by atoms with Crippen molar-refractivity contribution in [2.45, 2.75) is 0 Å². The fourth-order valence-electron chi connectivity index (χ4n) is 3.08. The van der Waals surface area contributed by atoms with Crippen LogP contribution in [0.2, 0.25) is 0 Å². The summed E-state index contributed by atoms with van der Waals surface area (Å²) in [6, 6.07) is 14.2. The summed E-state index contributed by atoms with van der Waals surface area (Å²) in [6.07, 6.45) is 2.99. The summed E-state index contributed by atoms with van der Waals surface area (Å²) in [5.41, 5.74) is 2.84. The highest BCUT2D eigenvalue weighted by Gasteiger charge is 2.13. The van der Waals surface area contributed by atoms with E-state index in [0.29, 0.717) is 24.5 Å². The zero-order chi connectivity index (χ0) is 20.8. The number of rotatable bonds is 6. The van der Waals surface area contributed by atoms with E-state index < -0.39 is 11.9 Å². The highest BCUT2D eigenvalue weighted by atomic mass is 16.5. The topological polar surface area (TPSA) is 98.6 Å². The zero-order valence-electron chi connectivity index (χ0n) is 16.2. The Hall–Kier alpha value is -3.72. The largest absolute Gasteiger partial charge is 0.452 e. The van der Waals surface area contributed by atoms with Crippen LogP contribution in [0.5, 0.6) is 0 Å². The predicted octanol–water partition coefficient (Wildman–Crippen LogP) is 1.90. The Morgan fingerprint density at radius 1 is 1.00 bits per heavy atom. The number of morpholine rings is 1. The van der Waals surface area contributed by atoms with Gasteiger partial charge in [-0.25, -0.2) is 14.5 Å². The molecule has 1 aromatic heterocycles. The highest BCUT2D eigenvalue weighted by Crippen LogP contribution is 2.19. The van der Waals surface area contributed by atoms with Crippen LogP contribution in [0.15, 0.2) is 61.2 Å². The second-order valence-electron chi connectivity index (χ2n) is 6.66. The minimum atomic E-state index is -0.571. The number of benzene rings is 2. The molecule has 9 nitrogen and oxygen atoms in total. The molecule has 9 heteroatoms. The number of aromatic nitrogens is 3. The van der Waals surface area contributed by atoms with Gasteiger partial charge in [0.05, 0.1) is 24.5 Å². The average Bonchev–Trinajstić information content (AvgIpc) is 3.34. The second kappa shape index (κ2) is 9.19. The Morgan fingerprint density at radius 3 is 2.37 bits per heavy atom. The van der Waals surface area contributed by atoms with Crippen molar-refractivity contribution in [3.8, 4) is 5.69 Å². The molecule has 30 heavy (non-hydrogen) atoms. The molecule has 154 valence electrons. The molecule has 1 N–H and O–H groups in total. The molecule has 0 radical (unpaired) electrons. The van der Waals surface area contributed by atoms with E-state index in [4.69, 9.17) is 9.47 Å². The molecule has 0 bridgehead atoms. The van der Waals surface area contributed by atoms with Crippen LogP contribution in [0.1, 0.15) is 10.4 Å². The lowest BCUT2D eigenvalue weighted by atomic mass is 10.2. The SMILES string of the molecule is O=C(COC(=O)c1ccc(-n2cncn2)cc1)Nc1ccc(N2CCOCC2)cc1. The molecule has 1 saturated heterocycles. The number of carbonyl (C=O) groups excluding carboxylic acids is 2. The molecular formula is C21H21N5O4. The third-order valence-electron chi connectivity index (χ3n) is 4.65. The molecule has 0 spiro atoms. The summed E-state index contributed by atoms with van der Waals surface area (Å²) in [6.45, 7) is 2.76. The maximum absolute atomic E-state index is 12.2. The van der Waals surface area contributed by atoms with E-state index in [1.807, 2.05) is 24.3 Å². The van der Waals surface area contributed by atoms with Crippen molar-refractivity contribution in [2.75, 3.05) is 43.1 Å². The monoisotopic (exact) mass is 407 g/mol. The van der Waals surface area contributed by atoms with Gasteiger partial charge >= 0.3 is 5.97 Å². The number of anilines is 2. The quantitative estimate of drug-likeness (QED) is 0.623. The first-order chi connectivity index (χ1) is 14.7. The van der Waals surface area contributed by atoms with E-state index >= 15 is 0 Å². The number of hydrogen-bond acceptors (Lipinski definition) is 7. The van der Waals surface area contributed by atoms with Crippen LogP contribution in [0.3, 0.4) is 0 Å². The van der Waals surface area contributed by atoms with Crippen LogP contribution in [0, 0.1) is 0 Å². The van der Waals surface area contributed by atoms with E-state index in [0.717, 1.165) is 24.5 Å². The van der Waals surface area contributed by atoms with Crippen molar-refractivity contribution in [3.05, 3.63) is 66.7 Å². The first kappa shape index (κ1) is 19.6. The Balaban J connectivity index is 1.26. The molecule has 4 rings (SSSR count). The average molecular weight is 407 g/mol. The van der Waals surface area contributed by atoms with Gasteiger partial charge in [-0.2, -0.15) is 5.10 Å². The lowest BCUT2D eigenvalue weighted by Gasteiger charge is -2.28. The third kappa shape index (κ3) is 4.81. The van der Waals surface area contributed by atoms with Gasteiger partial charge in [-0.1, -0.05) is 0 Å². The Kier molecular flexibility index (Phi) is 6.00. The van der Waals surface area contributed by atoms with Gasteiger partial charge in [0.25, 0.3) is 5.91 Å². The minimum absolute atomic E-state index is 0.349. The van der Waals surface area contributed by atoms with E-state index in [9.17, 15) is 9.59 Å². The van der Waals surface area contributed by atoms with Gasteiger partial charge in [0.2, 0.25) is 0 Å². The summed E-state index contributed by atoms with van der Waals surface area (Å²) < 4.78 is 12.0. The summed E-state index contributed by atoms with van der Waals surface area (Å²) in [7, 11) is 0. The van der Waals surface area contributed by atoms with Crippen molar-refractivity contribution in [1.82, 2.24) is 14.8 Å². The standard InChI is InChI=1S/C21H21N5O4/c27-20(24-17-3-7-18(8-4-17)25-9-11-29-12-10-25)13-30-21(28)16-1-5-19(6-2-16)26-15-22-14-23-26/h1-8,14-15H,9-13H2,(H,24,27). The van der Waals surface area contributed by atoms with Crippen LogP contribution in [-0.4, -0.2) is 59.6 Å². The maximum Gasteiger partial charge on any atom is 0.338 e. The summed E-state index contributed by atoms with van der Waals surface area (Å²) in [5.74, 6) is -0.973. The molecule has 1 aliphatic rings. The minimum Gasteiger partial charge on any atom is -0.452 e. The normalized spacial score (nSPS) is 13.7. The molecular weight excluding hydrogens is 386 g/mol. The Morgan fingerprint density at radius 2 is 1.70 bits per heavy atom. The number of carbonyl (C=O) groups is 2. The fraction of sp³-hybridized carbons (Fsp3) is 0.238. The molecule has 1 aliphatic heterocycles. The predicted molar refractivity (Wildman–Crippen MR) is 110 cm³/mol. The van der Waals surface area contributed by atoms with Crippen molar-refractivity contribution in [2.24, 2.45) is 0 Å². The van der Waals surface area contributed by atoms with Gasteiger partial charge in [-0.15, -0.1) is 0 Å². The van der Waals surface area contributed by atoms with Crippen molar-refractivity contribution in [1.29, 1.82) is 0 Å². The molecule has 0 unspecified atom stereocenters. The first-order valence-electron chi connectivity index (χ1n) is 9.54. The molecule has 2 heterocycles. The van der Waals surface area contributed by atoms with Gasteiger partial charge in [-0.3, -0.25) is 4.79 Å². The summed E-state index contributed by atoms with van der Waals surface area (Å²) in [5, 5.41) is 6.75. The van der Waals surface area contributed by atoms with Gasteiger partial charge in [0.15, 0.2) is 6.61 Å². The van der Waals surface area contributed by atoms with E-state index in [1.54, 1.807) is 35.3 Å². The summed E-state index contributed by atoms with van der Waals surface area (Å²) >= 11 is 0. The van der Waals surface area contributed by atoms with Crippen LogP contribution in [0.4, 0.5) is 11.4 Å². The van der Waals surface area contributed by atoms with Gasteiger partial charge in [0.1, 0.15) is 12.7 Å². The van der Waals surface area contributed by atoms with Crippen LogP contribution in [0.25, 0.3) is 5.69 Å². The number of esters is 1. The molecule has 0 aliphatic carbocycles. The molecule has 0 saturated carbocycles. The van der Waals surface area contributed by atoms with Gasteiger partial charge in [-0.05, 0) is 48.5 Å². The lowest BCUT2D eigenvalue weighted by molar-refractivity contribution is -0.119. The molecule has 3 aromatic rings. The van der Waals surface area contributed by atoms with Gasteiger partial charge in [0, 0.05) is 24.5 Å². The van der Waals surface area contributed by atoms with Crippen molar-refractivity contribution in [3.63, 3.8) is 0 Å². The fourth-order valence-corrected chi connectivity index (χ4v) is 3.08. The van der Waals surface area contributed by atoms with Gasteiger partial charge < -0.3 is 19.7 Å². The second-order valence-corrected chi connectivity index (χ2v) is 6.66. The number of nitrogens with one attached hydrogen (secondary N) is 1. The molecule has 1 amide bonds. The smallest absolute Gasteiger partial charge is 0.338 e. The molecule has 0 atom stereocenters. The maximum atomic E-state index is 12.2. The van der Waals surface area contributed by atoms with Crippen molar-refractivity contribution < 1.29 is 19.1 Å². The number of ether oxygens (including phenoxy) is 2. The Labute approximate surface area is 173 Å². The number of amides is 1. The van der Waals surface area contributed by atoms with Crippen LogP contribution < -0.4 is 10.2 Å². The third-order valence-corrected chi connectivity index (χ3v) is 4.65. The van der Waals surface area contributed by atoms with E-state index in [1.165, 1.54) is 6.33 Å². The zero-order valence-corrected chi connectivity index (χ0v) is 16.2.